The molecule has 0 N–H and O–H groups in total. The molecular weight excluding hydrogens is 403 g/mol. The predicted octanol–water partition coefficient (Wildman–Crippen LogP) is 1.28. The lowest BCUT2D eigenvalue weighted by Gasteiger charge is -2.32. The maximum Gasteiger partial charge on any atom is 0.471 e. The molecule has 0 aromatic heterocycles. The van der Waals surface area contributed by atoms with Crippen molar-refractivity contribution >= 4 is 17.8 Å². The first-order valence-corrected chi connectivity index (χ1v) is 10.1. The number of alkyl halides is 3. The second-order valence-corrected chi connectivity index (χ2v) is 8.53. The summed E-state index contributed by atoms with van der Waals surface area (Å²) in [5.41, 5.74) is 0. The van der Waals surface area contributed by atoms with Crippen molar-refractivity contribution in [2.24, 2.45) is 11.8 Å². The van der Waals surface area contributed by atoms with Gasteiger partial charge in [-0.1, -0.05) is 0 Å². The molecule has 1 saturated carbocycles. The third-order valence-electron chi connectivity index (χ3n) is 6.35. The number of rotatable bonds is 3. The Morgan fingerprint density at radius 2 is 1.73 bits per heavy atom. The van der Waals surface area contributed by atoms with E-state index in [2.05, 4.69) is 0 Å². The van der Waals surface area contributed by atoms with E-state index in [4.69, 9.17) is 5.26 Å². The highest BCUT2D eigenvalue weighted by atomic mass is 19.4. The maximum atomic E-state index is 13.2. The zero-order chi connectivity index (χ0) is 22.2. The first kappa shape index (κ1) is 22.2. The Morgan fingerprint density at radius 1 is 1.13 bits per heavy atom. The molecule has 2 saturated heterocycles. The van der Waals surface area contributed by atoms with Crippen LogP contribution in [0.4, 0.5) is 18.0 Å². The van der Waals surface area contributed by atoms with Gasteiger partial charge in [-0.25, -0.2) is 4.79 Å². The van der Waals surface area contributed by atoms with E-state index in [1.165, 1.54) is 9.80 Å². The second kappa shape index (κ2) is 8.32. The fourth-order valence-electron chi connectivity index (χ4n) is 4.93. The number of urea groups is 1. The number of halogens is 3. The summed E-state index contributed by atoms with van der Waals surface area (Å²) in [6.07, 6.45) is -3.35. The summed E-state index contributed by atoms with van der Waals surface area (Å²) < 4.78 is 39.7. The van der Waals surface area contributed by atoms with Gasteiger partial charge in [0.2, 0.25) is 5.91 Å². The number of carbonyl (C=O) groups is 3. The fraction of sp³-hybridized carbons (Fsp3) is 0.789. The normalized spacial score (nSPS) is 28.3. The molecule has 3 rings (SSSR count). The number of nitriles is 1. The van der Waals surface area contributed by atoms with Gasteiger partial charge in [-0.2, -0.15) is 18.4 Å². The van der Waals surface area contributed by atoms with Gasteiger partial charge >= 0.3 is 18.1 Å². The van der Waals surface area contributed by atoms with E-state index in [0.29, 0.717) is 50.2 Å². The van der Waals surface area contributed by atoms with Crippen LogP contribution in [0.25, 0.3) is 0 Å². The van der Waals surface area contributed by atoms with Gasteiger partial charge in [-0.3, -0.25) is 9.59 Å². The molecule has 8 nitrogen and oxygen atoms in total. The summed E-state index contributed by atoms with van der Waals surface area (Å²) in [6, 6.07) is 0.481. The molecule has 0 aromatic rings. The maximum absolute atomic E-state index is 13.2. The van der Waals surface area contributed by atoms with Gasteiger partial charge in [-0.05, 0) is 37.5 Å². The molecule has 2 aliphatic heterocycles. The minimum absolute atomic E-state index is 0.00354. The molecule has 166 valence electrons. The summed E-state index contributed by atoms with van der Waals surface area (Å²) in [7, 11) is 3.28. The number of carbonyl (C=O) groups excluding carboxylic acids is 3. The molecular formula is C19H26F3N5O3. The quantitative estimate of drug-likeness (QED) is 0.676. The second-order valence-electron chi connectivity index (χ2n) is 8.53. The third-order valence-corrected chi connectivity index (χ3v) is 6.35. The van der Waals surface area contributed by atoms with Crippen molar-refractivity contribution in [2.45, 2.75) is 43.9 Å². The Balaban J connectivity index is 1.71. The van der Waals surface area contributed by atoms with Crippen molar-refractivity contribution in [2.75, 3.05) is 40.3 Å². The van der Waals surface area contributed by atoms with E-state index in [0.717, 1.165) is 0 Å². The van der Waals surface area contributed by atoms with E-state index in [1.807, 2.05) is 6.07 Å². The lowest BCUT2D eigenvalue weighted by molar-refractivity contribution is -0.188. The van der Waals surface area contributed by atoms with Crippen LogP contribution in [0.15, 0.2) is 0 Å². The Hall–Kier alpha value is -2.51. The van der Waals surface area contributed by atoms with E-state index in [9.17, 15) is 27.6 Å². The monoisotopic (exact) mass is 429 g/mol. The Bertz CT molecular complexity index is 737. The third kappa shape index (κ3) is 4.32. The summed E-state index contributed by atoms with van der Waals surface area (Å²) in [6.45, 7) is 0.495. The first-order valence-electron chi connectivity index (χ1n) is 10.1. The molecule has 0 spiro atoms. The van der Waals surface area contributed by atoms with Crippen LogP contribution in [0.1, 0.15) is 25.7 Å². The summed E-state index contributed by atoms with van der Waals surface area (Å²) in [5, 5.41) is 9.15. The number of hydrogen-bond donors (Lipinski definition) is 0. The lowest BCUT2D eigenvalue weighted by Crippen LogP contribution is -2.52. The highest BCUT2D eigenvalue weighted by Crippen LogP contribution is 2.41. The number of nitrogens with zero attached hydrogens (tertiary/aromatic N) is 5. The van der Waals surface area contributed by atoms with E-state index in [-0.39, 0.29) is 17.9 Å². The topological polar surface area (TPSA) is 88.0 Å². The van der Waals surface area contributed by atoms with E-state index >= 15 is 0 Å². The molecule has 4 atom stereocenters. The Morgan fingerprint density at radius 3 is 2.23 bits per heavy atom. The zero-order valence-corrected chi connectivity index (χ0v) is 17.1. The standard InChI is InChI=1S/C19H26F3N5O3/c1-24(2)18(30)25-9-12-6-15(7-13(12)10-25)27(17(29)19(20,21)22)11-16(28)26-5-3-4-14(26)8-23/h12-15H,3-7,9-11H2,1-2H3/t12-,13+,14-,15+/m0/s1. The number of likely N-dealkylation sites (tertiary alicyclic amines) is 2. The van der Waals surface area contributed by atoms with Crippen LogP contribution in [-0.4, -0.2) is 96.0 Å². The molecule has 11 heteroatoms. The molecule has 1 aliphatic carbocycles. The number of hydrogen-bond acceptors (Lipinski definition) is 4. The van der Waals surface area contributed by atoms with Gasteiger partial charge in [0.05, 0.1) is 6.07 Å². The molecule has 0 unspecified atom stereocenters. The van der Waals surface area contributed by atoms with Crippen LogP contribution < -0.4 is 0 Å². The molecule has 0 aromatic carbocycles. The van der Waals surface area contributed by atoms with Gasteiger partial charge in [0.1, 0.15) is 12.6 Å². The molecule has 30 heavy (non-hydrogen) atoms. The lowest BCUT2D eigenvalue weighted by atomic mass is 10.0. The predicted molar refractivity (Wildman–Crippen MR) is 98.8 cm³/mol. The largest absolute Gasteiger partial charge is 0.471 e. The van der Waals surface area contributed by atoms with Crippen molar-refractivity contribution in [3.63, 3.8) is 0 Å². The highest BCUT2D eigenvalue weighted by molar-refractivity contribution is 5.88. The molecule has 3 aliphatic rings. The molecule has 0 bridgehead atoms. The van der Waals surface area contributed by atoms with Gasteiger partial charge in [0.25, 0.3) is 0 Å². The van der Waals surface area contributed by atoms with Crippen LogP contribution in [0, 0.1) is 23.2 Å². The summed E-state index contributed by atoms with van der Waals surface area (Å²) >= 11 is 0. The van der Waals surface area contributed by atoms with Gasteiger partial charge < -0.3 is 19.6 Å². The Labute approximate surface area is 173 Å². The average molecular weight is 429 g/mol. The van der Waals surface area contributed by atoms with Crippen LogP contribution in [0.2, 0.25) is 0 Å². The fourth-order valence-corrected chi connectivity index (χ4v) is 4.93. The van der Waals surface area contributed by atoms with Crippen molar-refractivity contribution in [3.8, 4) is 6.07 Å². The van der Waals surface area contributed by atoms with Crippen LogP contribution >= 0.6 is 0 Å². The van der Waals surface area contributed by atoms with Crippen molar-refractivity contribution in [1.29, 1.82) is 5.26 Å². The SMILES string of the molecule is CN(C)C(=O)N1C[C@H]2C[C@H](N(CC(=O)N3CCC[C@H]3C#N)C(=O)C(F)(F)F)C[C@H]2C1. The molecule has 4 amide bonds. The number of fused-ring (bicyclic) bond motifs is 1. The molecule has 2 heterocycles. The number of amides is 4. The van der Waals surface area contributed by atoms with Crippen molar-refractivity contribution in [3.05, 3.63) is 0 Å². The highest BCUT2D eigenvalue weighted by Gasteiger charge is 2.50. The minimum Gasteiger partial charge on any atom is -0.331 e. The summed E-state index contributed by atoms with van der Waals surface area (Å²) in [5.74, 6) is -2.65. The van der Waals surface area contributed by atoms with E-state index in [1.54, 1.807) is 19.0 Å². The van der Waals surface area contributed by atoms with E-state index < -0.39 is 36.6 Å². The van der Waals surface area contributed by atoms with Crippen molar-refractivity contribution in [1.82, 2.24) is 19.6 Å². The minimum atomic E-state index is -5.08. The molecule has 3 fully saturated rings. The zero-order valence-electron chi connectivity index (χ0n) is 17.1. The van der Waals surface area contributed by atoms with Crippen LogP contribution in [0.3, 0.4) is 0 Å². The van der Waals surface area contributed by atoms with Crippen molar-refractivity contribution < 1.29 is 27.6 Å². The first-order chi connectivity index (χ1) is 14.0. The average Bonchev–Trinajstić information content (AvgIpc) is 3.37. The van der Waals surface area contributed by atoms with Gasteiger partial charge in [0, 0.05) is 39.8 Å². The van der Waals surface area contributed by atoms with Crippen LogP contribution in [0.5, 0.6) is 0 Å². The Kier molecular flexibility index (Phi) is 6.15. The van der Waals surface area contributed by atoms with Gasteiger partial charge in [-0.15, -0.1) is 0 Å². The van der Waals surface area contributed by atoms with Crippen LogP contribution in [-0.2, 0) is 9.59 Å². The van der Waals surface area contributed by atoms with Gasteiger partial charge in [0.15, 0.2) is 0 Å². The summed E-state index contributed by atoms with van der Waals surface area (Å²) in [4.78, 5) is 41.9. The molecule has 0 radical (unpaired) electrons. The smallest absolute Gasteiger partial charge is 0.331 e.